The molecule has 382 valence electrons. The second kappa shape index (κ2) is 23.0. The van der Waals surface area contributed by atoms with Gasteiger partial charge >= 0.3 is 10.3 Å². The quantitative estimate of drug-likeness (QED) is 0.0421. The van der Waals surface area contributed by atoms with E-state index in [1.165, 1.54) is 41.2 Å². The molecular formula is C45H63F2N11O8S3Si. The summed E-state index contributed by atoms with van der Waals surface area (Å²) >= 11 is 2.23. The lowest BCUT2D eigenvalue weighted by atomic mass is 10.2. The Balaban J connectivity index is 0.000000225. The molecule has 0 unspecified atom stereocenters. The number of rotatable bonds is 15. The van der Waals surface area contributed by atoms with Gasteiger partial charge in [0, 0.05) is 29.2 Å². The standard InChI is InChI=1S/C26H38FN5O3SSi.C17H19FN6O5S2.C2H6/c1-14(2)37(15(3)4,16(5)6)35-19-11-22(34-20(19)12-33)32-25-23(24(28)29-13-30-25)26(31-32)36-21-9-8-17(7)10-18(21)27;1-8-2-3-12(9(18)4-8)30-17-14-15(19)20-7-21-16(14)24(23-17)13-5-10(25)11(29-13)6-22-31(26,27)28;1-2/h8-10,13-16,19-20,22,33H,11-12H2,1-7H3,(H2,28,29,30);2-4,7,10-11,13,22,25H,5-6H2,1H3,(H2,19,20,21)(H,26,27,28);1-2H3/t19-,20+,22+;10-,11+,13+;/m00./s1. The van der Waals surface area contributed by atoms with Crippen LogP contribution in [0.4, 0.5) is 20.4 Å². The molecule has 2 aliphatic heterocycles. The minimum Gasteiger partial charge on any atom is -0.410 e. The molecule has 25 heteroatoms. The van der Waals surface area contributed by atoms with Gasteiger partial charge in [-0.2, -0.15) is 23.3 Å². The molecule has 0 bridgehead atoms. The summed E-state index contributed by atoms with van der Waals surface area (Å²) in [5.74, 6) is -0.325. The number of aliphatic hydroxyl groups excluding tert-OH is 2. The maximum Gasteiger partial charge on any atom is 0.333 e. The van der Waals surface area contributed by atoms with Crippen molar-refractivity contribution in [2.45, 2.75) is 155 Å². The fourth-order valence-corrected chi connectivity index (χ4v) is 16.9. The summed E-state index contributed by atoms with van der Waals surface area (Å²) < 4.78 is 83.7. The van der Waals surface area contributed by atoms with Crippen LogP contribution in [-0.2, 0) is 24.2 Å². The molecule has 2 aromatic carbocycles. The Morgan fingerprint density at radius 2 is 1.23 bits per heavy atom. The van der Waals surface area contributed by atoms with Crippen molar-refractivity contribution in [3.05, 3.63) is 71.8 Å². The van der Waals surface area contributed by atoms with Gasteiger partial charge in [0.1, 0.15) is 52.1 Å². The van der Waals surface area contributed by atoms with Crippen molar-refractivity contribution in [1.82, 2.24) is 44.2 Å². The van der Waals surface area contributed by atoms with Gasteiger partial charge in [0.15, 0.2) is 23.8 Å². The van der Waals surface area contributed by atoms with Gasteiger partial charge in [-0.25, -0.2) is 38.1 Å². The van der Waals surface area contributed by atoms with Crippen molar-refractivity contribution >= 4 is 75.8 Å². The van der Waals surface area contributed by atoms with E-state index in [1.54, 1.807) is 29.8 Å². The lowest BCUT2D eigenvalue weighted by Gasteiger charge is -2.44. The molecule has 0 spiro atoms. The minimum absolute atomic E-state index is 0.0848. The van der Waals surface area contributed by atoms with Crippen LogP contribution in [0.1, 0.15) is 91.8 Å². The number of aromatic nitrogens is 8. The van der Waals surface area contributed by atoms with Crippen LogP contribution >= 0.6 is 23.5 Å². The van der Waals surface area contributed by atoms with Gasteiger partial charge in [0.2, 0.25) is 8.32 Å². The van der Waals surface area contributed by atoms with Crippen molar-refractivity contribution in [1.29, 1.82) is 0 Å². The molecule has 0 aliphatic carbocycles. The van der Waals surface area contributed by atoms with Crippen molar-refractivity contribution < 1.29 is 45.9 Å². The number of aliphatic hydroxyl groups is 2. The molecule has 6 heterocycles. The molecular weight excluding hydrogens is 985 g/mol. The summed E-state index contributed by atoms with van der Waals surface area (Å²) in [5.41, 5.74) is 15.9. The molecule has 0 amide bonds. The SMILES string of the molecule is CC.Cc1ccc(Sc2nn([C@H]3C[C@H](O)[C@@H](CNS(=O)(=O)O)O3)c3ncnc(N)c23)c(F)c1.Cc1ccc(Sc2nn([C@H]3C[C@H](O[Si](C(C)C)(C(C)C)C(C)C)[C@@H](CO)O3)c3ncnc(N)c23)c(F)c1. The van der Waals surface area contributed by atoms with Gasteiger partial charge < -0.3 is 35.6 Å². The monoisotopic (exact) mass is 1050 g/mol. The lowest BCUT2D eigenvalue weighted by molar-refractivity contribution is -0.0458. The van der Waals surface area contributed by atoms with Crippen molar-refractivity contribution in [2.75, 3.05) is 24.6 Å². The number of nitrogens with two attached hydrogens (primary N) is 2. The fourth-order valence-electron chi connectivity index (χ4n) is 9.10. The highest BCUT2D eigenvalue weighted by Crippen LogP contribution is 2.47. The third kappa shape index (κ3) is 11.9. The van der Waals surface area contributed by atoms with E-state index in [4.69, 9.17) is 35.0 Å². The topological polar surface area (TPSA) is 274 Å². The Bertz CT molecular complexity index is 2860. The third-order valence-corrected chi connectivity index (χ3v) is 20.9. The highest BCUT2D eigenvalue weighted by atomic mass is 32.2. The first kappa shape index (κ1) is 54.9. The number of benzene rings is 2. The first-order valence-corrected chi connectivity index (χ1v) is 28.2. The molecule has 4 aromatic heterocycles. The Labute approximate surface area is 415 Å². The van der Waals surface area contributed by atoms with Crippen LogP contribution in [0.5, 0.6) is 0 Å². The van der Waals surface area contributed by atoms with E-state index < -0.39 is 55.2 Å². The molecule has 2 saturated heterocycles. The summed E-state index contributed by atoms with van der Waals surface area (Å²) in [6.07, 6.45) is -0.796. The van der Waals surface area contributed by atoms with Crippen molar-refractivity contribution in [2.24, 2.45) is 0 Å². The molecule has 0 saturated carbocycles. The third-order valence-electron chi connectivity index (χ3n) is 12.2. The number of nitrogens with one attached hydrogen (secondary N) is 1. The number of anilines is 2. The van der Waals surface area contributed by atoms with E-state index in [9.17, 15) is 27.4 Å². The maximum atomic E-state index is 14.7. The number of ether oxygens (including phenoxy) is 2. The number of hydrogen-bond donors (Lipinski definition) is 6. The predicted molar refractivity (Wildman–Crippen MR) is 267 cm³/mol. The van der Waals surface area contributed by atoms with Gasteiger partial charge in [-0.05, 0) is 65.9 Å². The number of nitrogens with zero attached hydrogens (tertiary/aromatic N) is 8. The number of fused-ring (bicyclic) bond motifs is 2. The van der Waals surface area contributed by atoms with Gasteiger partial charge in [-0.15, -0.1) is 0 Å². The number of aryl methyl sites for hydroxylation is 2. The number of nitrogen functional groups attached to an aromatic ring is 2. The Morgan fingerprint density at radius 3 is 1.64 bits per heavy atom. The highest BCUT2D eigenvalue weighted by molar-refractivity contribution is 7.99. The fraction of sp³-hybridized carbons (Fsp3) is 0.511. The van der Waals surface area contributed by atoms with Gasteiger partial charge in [0.05, 0.1) is 35.7 Å². The number of hydrogen-bond acceptors (Lipinski definition) is 17. The van der Waals surface area contributed by atoms with Crippen molar-refractivity contribution in [3.8, 4) is 0 Å². The van der Waals surface area contributed by atoms with Crippen LogP contribution in [0, 0.1) is 25.5 Å². The van der Waals surface area contributed by atoms with Crippen LogP contribution in [0.3, 0.4) is 0 Å². The molecule has 0 radical (unpaired) electrons. The predicted octanol–water partition coefficient (Wildman–Crippen LogP) is 7.92. The lowest BCUT2D eigenvalue weighted by Crippen LogP contribution is -2.51. The molecule has 2 aliphatic rings. The van der Waals surface area contributed by atoms with Crippen LogP contribution in [0.15, 0.2) is 68.9 Å². The Kier molecular flexibility index (Phi) is 18.0. The second-order valence-corrected chi connectivity index (χ2v) is 26.5. The van der Waals surface area contributed by atoms with Gasteiger partial charge in [-0.3, -0.25) is 4.55 Å². The zero-order valence-electron chi connectivity index (χ0n) is 40.7. The first-order chi connectivity index (χ1) is 33.1. The molecule has 6 atom stereocenters. The van der Waals surface area contributed by atoms with E-state index in [2.05, 4.69) is 66.6 Å². The Hall–Kier alpha value is -4.41. The van der Waals surface area contributed by atoms with E-state index in [1.807, 2.05) is 31.6 Å². The largest absolute Gasteiger partial charge is 0.410 e. The van der Waals surface area contributed by atoms with E-state index in [0.29, 0.717) is 65.0 Å². The van der Waals surface area contributed by atoms with Gasteiger partial charge in [0.25, 0.3) is 0 Å². The smallest absolute Gasteiger partial charge is 0.333 e. The average Bonchev–Trinajstić information content (AvgIpc) is 4.08. The van der Waals surface area contributed by atoms with Crippen LogP contribution < -0.4 is 16.2 Å². The van der Waals surface area contributed by atoms with Crippen LogP contribution in [0.25, 0.3) is 22.1 Å². The summed E-state index contributed by atoms with van der Waals surface area (Å²) in [7, 11) is -6.65. The average molecular weight is 1050 g/mol. The molecule has 8 N–H and O–H groups in total. The first-order valence-electron chi connectivity index (χ1n) is 23.0. The highest BCUT2D eigenvalue weighted by Gasteiger charge is 2.50. The summed E-state index contributed by atoms with van der Waals surface area (Å²) in [5, 5.41) is 31.5. The minimum atomic E-state index is -4.43. The van der Waals surface area contributed by atoms with E-state index in [0.717, 1.165) is 22.9 Å². The zero-order chi connectivity index (χ0) is 51.4. The summed E-state index contributed by atoms with van der Waals surface area (Å²) in [6.45, 7) is 20.6. The number of halogens is 2. The maximum absolute atomic E-state index is 14.7. The van der Waals surface area contributed by atoms with E-state index in [-0.39, 0.29) is 43.1 Å². The molecule has 8 rings (SSSR count). The van der Waals surface area contributed by atoms with Crippen molar-refractivity contribution in [3.63, 3.8) is 0 Å². The second-order valence-electron chi connectivity index (χ2n) is 17.8. The molecule has 70 heavy (non-hydrogen) atoms. The molecule has 6 aromatic rings. The summed E-state index contributed by atoms with van der Waals surface area (Å²) in [4.78, 5) is 17.6. The molecule has 19 nitrogen and oxygen atoms in total. The Morgan fingerprint density at radius 1 is 0.786 bits per heavy atom. The normalized spacial score (nSPS) is 20.7. The van der Waals surface area contributed by atoms with Crippen LogP contribution in [-0.4, -0.2) is 109 Å². The molecule has 2 fully saturated rings. The van der Waals surface area contributed by atoms with Gasteiger partial charge in [-0.1, -0.05) is 91.0 Å². The summed E-state index contributed by atoms with van der Waals surface area (Å²) in [6, 6.07) is 9.88. The zero-order valence-corrected chi connectivity index (χ0v) is 44.2. The van der Waals surface area contributed by atoms with Crippen LogP contribution in [0.2, 0.25) is 16.6 Å². The van der Waals surface area contributed by atoms with E-state index >= 15 is 0 Å².